The largest absolute Gasteiger partial charge is 0.384 e. The summed E-state index contributed by atoms with van der Waals surface area (Å²) in [6.45, 7) is 1.40. The Balaban J connectivity index is 1.23. The van der Waals surface area contributed by atoms with E-state index in [4.69, 9.17) is 5.73 Å². The topological polar surface area (TPSA) is 87.5 Å². The first-order valence-electron chi connectivity index (χ1n) is 13.8. The van der Waals surface area contributed by atoms with Gasteiger partial charge in [-0.1, -0.05) is 18.2 Å². The number of carbonyl (C=O) groups is 2. The number of hydrogen-bond acceptors (Lipinski definition) is 4. The van der Waals surface area contributed by atoms with Crippen LogP contribution in [0.2, 0.25) is 0 Å². The first-order chi connectivity index (χ1) is 18.8. The highest BCUT2D eigenvalue weighted by Gasteiger charge is 2.36. The lowest BCUT2D eigenvalue weighted by molar-refractivity contribution is -0.131. The van der Waals surface area contributed by atoms with Crippen LogP contribution in [-0.2, 0) is 9.59 Å². The predicted molar refractivity (Wildman–Crippen MR) is 144 cm³/mol. The molecule has 9 heteroatoms. The maximum Gasteiger partial charge on any atom is 0.247 e. The summed E-state index contributed by atoms with van der Waals surface area (Å²) in [4.78, 5) is 26.5. The highest BCUT2D eigenvalue weighted by Crippen LogP contribution is 2.42. The zero-order valence-electron chi connectivity index (χ0n) is 21.8. The molecule has 3 aliphatic rings. The van der Waals surface area contributed by atoms with E-state index in [2.05, 4.69) is 34.9 Å². The fourth-order valence-corrected chi connectivity index (χ4v) is 6.56. The number of rotatable bonds is 7. The molecule has 208 valence electrons. The number of fused-ring (bicyclic) bond motifs is 1. The van der Waals surface area contributed by atoms with E-state index in [1.807, 2.05) is 0 Å². The van der Waals surface area contributed by atoms with Gasteiger partial charge in [0, 0.05) is 43.2 Å². The lowest BCUT2D eigenvalue weighted by Crippen LogP contribution is -2.56. The van der Waals surface area contributed by atoms with Crippen LogP contribution in [0.3, 0.4) is 0 Å². The fourth-order valence-electron chi connectivity index (χ4n) is 6.56. The van der Waals surface area contributed by atoms with Gasteiger partial charge in [-0.05, 0) is 85.8 Å². The maximum atomic E-state index is 13.6. The van der Waals surface area contributed by atoms with Crippen LogP contribution in [0.5, 0.6) is 0 Å². The molecule has 1 aliphatic carbocycles. The first-order valence-corrected chi connectivity index (χ1v) is 13.8. The molecule has 0 aromatic heterocycles. The van der Waals surface area contributed by atoms with Crippen LogP contribution >= 0.6 is 0 Å². The lowest BCUT2D eigenvalue weighted by Gasteiger charge is -2.42. The van der Waals surface area contributed by atoms with Crippen molar-refractivity contribution in [1.29, 1.82) is 0 Å². The third-order valence-electron chi connectivity index (χ3n) is 8.55. The summed E-state index contributed by atoms with van der Waals surface area (Å²) < 4.78 is 40.5. The smallest absolute Gasteiger partial charge is 0.247 e. The van der Waals surface area contributed by atoms with Crippen LogP contribution < -0.4 is 16.4 Å². The summed E-state index contributed by atoms with van der Waals surface area (Å²) >= 11 is 0. The van der Waals surface area contributed by atoms with Crippen molar-refractivity contribution in [3.63, 3.8) is 0 Å². The van der Waals surface area contributed by atoms with E-state index in [0.29, 0.717) is 31.2 Å². The second kappa shape index (κ2) is 11.8. The van der Waals surface area contributed by atoms with E-state index in [0.717, 1.165) is 44.4 Å². The highest BCUT2D eigenvalue weighted by molar-refractivity contribution is 5.92. The summed E-state index contributed by atoms with van der Waals surface area (Å²) in [6.07, 6.45) is 7.94. The third-order valence-corrected chi connectivity index (χ3v) is 8.55. The molecule has 1 saturated carbocycles. The Morgan fingerprint density at radius 1 is 1.05 bits per heavy atom. The SMILES string of the molecule is NC(=O)CC1CCN(C(=O)/C=C/c2cc(F)c(F)c(F)c2)C(NC2CCC(C3CNc4ccccc43)CC2)C1. The molecule has 2 aliphatic heterocycles. The van der Waals surface area contributed by atoms with Gasteiger partial charge in [0.15, 0.2) is 17.5 Å². The van der Waals surface area contributed by atoms with E-state index >= 15 is 0 Å². The minimum Gasteiger partial charge on any atom is -0.384 e. The van der Waals surface area contributed by atoms with E-state index in [-0.39, 0.29) is 41.9 Å². The van der Waals surface area contributed by atoms with Gasteiger partial charge in [-0.2, -0.15) is 0 Å². The normalized spacial score (nSPS) is 26.8. The summed E-state index contributed by atoms with van der Waals surface area (Å²) in [7, 11) is 0. The maximum absolute atomic E-state index is 13.6. The van der Waals surface area contributed by atoms with Gasteiger partial charge in [-0.25, -0.2) is 13.2 Å². The first kappa shape index (κ1) is 27.2. The zero-order chi connectivity index (χ0) is 27.5. The number of carbonyl (C=O) groups excluding carboxylic acids is 2. The van der Waals surface area contributed by atoms with Crippen LogP contribution in [0.15, 0.2) is 42.5 Å². The Bertz CT molecular complexity index is 1220. The summed E-state index contributed by atoms with van der Waals surface area (Å²) in [5.41, 5.74) is 8.16. The van der Waals surface area contributed by atoms with Crippen molar-refractivity contribution in [3.8, 4) is 0 Å². The van der Waals surface area contributed by atoms with E-state index in [1.165, 1.54) is 23.4 Å². The van der Waals surface area contributed by atoms with Gasteiger partial charge in [-0.3, -0.25) is 14.9 Å². The molecule has 0 spiro atoms. The molecular formula is C30H35F3N4O2. The second-order valence-corrected chi connectivity index (χ2v) is 11.1. The van der Waals surface area contributed by atoms with Crippen molar-refractivity contribution >= 4 is 23.6 Å². The van der Waals surface area contributed by atoms with E-state index < -0.39 is 17.5 Å². The number of anilines is 1. The highest BCUT2D eigenvalue weighted by atomic mass is 19.2. The van der Waals surface area contributed by atoms with Gasteiger partial charge >= 0.3 is 0 Å². The molecule has 1 saturated heterocycles. The fraction of sp³-hybridized carbons (Fsp3) is 0.467. The van der Waals surface area contributed by atoms with Crippen molar-refractivity contribution in [3.05, 3.63) is 71.1 Å². The van der Waals surface area contributed by atoms with Gasteiger partial charge < -0.3 is 16.0 Å². The van der Waals surface area contributed by atoms with Gasteiger partial charge in [0.1, 0.15) is 0 Å². The second-order valence-electron chi connectivity index (χ2n) is 11.1. The van der Waals surface area contributed by atoms with Gasteiger partial charge in [0.25, 0.3) is 0 Å². The molecule has 2 heterocycles. The summed E-state index contributed by atoms with van der Waals surface area (Å²) in [5.74, 6) is -3.62. The number of nitrogens with one attached hydrogen (secondary N) is 2. The van der Waals surface area contributed by atoms with Crippen LogP contribution in [-0.4, -0.2) is 42.0 Å². The predicted octanol–water partition coefficient (Wildman–Crippen LogP) is 4.91. The minimum absolute atomic E-state index is 0.0640. The average molecular weight is 541 g/mol. The van der Waals surface area contributed by atoms with Gasteiger partial charge in [0.2, 0.25) is 11.8 Å². The third kappa shape index (κ3) is 6.30. The quantitative estimate of drug-likeness (QED) is 0.344. The lowest BCUT2D eigenvalue weighted by atomic mass is 9.76. The van der Waals surface area contributed by atoms with Crippen LogP contribution in [0.25, 0.3) is 6.08 Å². The number of hydrogen-bond donors (Lipinski definition) is 3. The number of benzene rings is 2. The molecule has 4 N–H and O–H groups in total. The van der Waals surface area contributed by atoms with Crippen LogP contribution in [0.4, 0.5) is 18.9 Å². The van der Waals surface area contributed by atoms with Crippen LogP contribution in [0.1, 0.15) is 62.0 Å². The summed E-state index contributed by atoms with van der Waals surface area (Å²) in [6, 6.07) is 10.5. The molecule has 6 nitrogen and oxygen atoms in total. The number of amides is 2. The molecule has 2 aromatic carbocycles. The zero-order valence-corrected chi connectivity index (χ0v) is 21.8. The number of nitrogens with zero attached hydrogens (tertiary/aromatic N) is 1. The molecule has 2 fully saturated rings. The van der Waals surface area contributed by atoms with E-state index in [9.17, 15) is 22.8 Å². The Hall–Kier alpha value is -3.33. The number of primary amides is 1. The van der Waals surface area contributed by atoms with Gasteiger partial charge in [0.05, 0.1) is 6.17 Å². The van der Waals surface area contributed by atoms with Crippen molar-refractivity contribution in [2.45, 2.75) is 63.1 Å². The molecule has 5 rings (SSSR count). The number of likely N-dealkylation sites (tertiary alicyclic amines) is 1. The van der Waals surface area contributed by atoms with Crippen molar-refractivity contribution in [2.75, 3.05) is 18.4 Å². The molecular weight excluding hydrogens is 505 g/mol. The van der Waals surface area contributed by atoms with Crippen molar-refractivity contribution in [1.82, 2.24) is 10.2 Å². The number of para-hydroxylation sites is 1. The minimum atomic E-state index is -1.54. The number of halogens is 3. The molecule has 0 radical (unpaired) electrons. The molecule has 39 heavy (non-hydrogen) atoms. The Labute approximate surface area is 226 Å². The average Bonchev–Trinajstić information content (AvgIpc) is 3.35. The molecule has 3 atom stereocenters. The van der Waals surface area contributed by atoms with E-state index in [1.54, 1.807) is 4.90 Å². The summed E-state index contributed by atoms with van der Waals surface area (Å²) in [5, 5.41) is 7.21. The van der Waals surface area contributed by atoms with Crippen molar-refractivity contribution in [2.24, 2.45) is 17.6 Å². The Kier molecular flexibility index (Phi) is 8.26. The van der Waals surface area contributed by atoms with Crippen LogP contribution in [0, 0.1) is 29.3 Å². The standard InChI is InChI=1S/C30H35F3N4O2/c31-24-13-18(14-25(32)30(24)33)5-10-29(39)37-12-11-19(15-27(34)38)16-28(37)36-21-8-6-20(7-9-21)23-17-35-26-4-2-1-3-22(23)26/h1-5,10,13-14,19-21,23,28,35-36H,6-9,11-12,15-17H2,(H2,34,38)/b10-5+. The number of nitrogens with two attached hydrogens (primary N) is 1. The molecule has 2 aromatic rings. The van der Waals surface area contributed by atoms with Crippen molar-refractivity contribution < 1.29 is 22.8 Å². The molecule has 2 amide bonds. The Morgan fingerprint density at radius 3 is 2.49 bits per heavy atom. The Morgan fingerprint density at radius 2 is 1.77 bits per heavy atom. The number of piperidine rings is 1. The molecule has 3 unspecified atom stereocenters. The molecule has 0 bridgehead atoms. The van der Waals surface area contributed by atoms with Gasteiger partial charge in [-0.15, -0.1) is 0 Å². The monoisotopic (exact) mass is 540 g/mol.